The zero-order valence-electron chi connectivity index (χ0n) is 15.2. The summed E-state index contributed by atoms with van der Waals surface area (Å²) in [6, 6.07) is 17.5. The van der Waals surface area contributed by atoms with E-state index in [9.17, 15) is 4.79 Å². The number of hydrogen-bond acceptors (Lipinski definition) is 3. The van der Waals surface area contributed by atoms with Crippen LogP contribution in [-0.4, -0.2) is 22.8 Å². The zero-order chi connectivity index (χ0) is 18.6. The van der Waals surface area contributed by atoms with Gasteiger partial charge in [0.15, 0.2) is 0 Å². The largest absolute Gasteiger partial charge is 0.497 e. The quantitative estimate of drug-likeness (QED) is 0.700. The number of amides is 1. The van der Waals surface area contributed by atoms with E-state index in [1.165, 1.54) is 0 Å². The van der Waals surface area contributed by atoms with E-state index in [2.05, 4.69) is 5.32 Å². The molecule has 0 aliphatic heterocycles. The minimum Gasteiger partial charge on any atom is -0.497 e. The number of para-hydroxylation sites is 1. The van der Waals surface area contributed by atoms with Gasteiger partial charge in [-0.2, -0.15) is 5.10 Å². The summed E-state index contributed by atoms with van der Waals surface area (Å²) in [7, 11) is 1.63. The number of anilines is 1. The first kappa shape index (κ1) is 17.1. The summed E-state index contributed by atoms with van der Waals surface area (Å²) in [6.07, 6.45) is 6.30. The molecule has 5 heteroatoms. The lowest BCUT2D eigenvalue weighted by Gasteiger charge is -2.09. The highest BCUT2D eigenvalue weighted by Gasteiger charge is 2.23. The molecule has 1 heterocycles. The number of carbonyl (C=O) groups excluding carboxylic acids is 1. The Morgan fingerprint density at radius 3 is 2.81 bits per heavy atom. The number of nitrogens with one attached hydrogen (secondary N) is 1. The molecule has 3 aromatic rings. The topological polar surface area (TPSA) is 56.1 Å². The van der Waals surface area contributed by atoms with Crippen molar-refractivity contribution in [1.29, 1.82) is 0 Å². The van der Waals surface area contributed by atoms with Gasteiger partial charge in [-0.1, -0.05) is 30.3 Å². The second-order valence-electron chi connectivity index (χ2n) is 6.47. The van der Waals surface area contributed by atoms with Crippen molar-refractivity contribution in [2.45, 2.75) is 19.3 Å². The van der Waals surface area contributed by atoms with Gasteiger partial charge in [0.25, 0.3) is 0 Å². The van der Waals surface area contributed by atoms with E-state index in [1.807, 2.05) is 59.3 Å². The number of hydrogen-bond donors (Lipinski definition) is 1. The summed E-state index contributed by atoms with van der Waals surface area (Å²) in [6.45, 7) is 0. The number of fused-ring (bicyclic) bond motifs is 1. The molecule has 136 valence electrons. The third kappa shape index (κ3) is 3.62. The molecule has 2 aromatic carbocycles. The van der Waals surface area contributed by atoms with Gasteiger partial charge < -0.3 is 10.1 Å². The number of rotatable bonds is 5. The minimum atomic E-state index is -0.176. The molecule has 0 fully saturated rings. The number of carbonyl (C=O) groups is 1. The van der Waals surface area contributed by atoms with Gasteiger partial charge in [-0.3, -0.25) is 4.79 Å². The molecule has 0 saturated carbocycles. The molecular weight excluding hydrogens is 338 g/mol. The van der Waals surface area contributed by atoms with Crippen LogP contribution in [0.4, 0.5) is 5.82 Å². The molecule has 1 aliphatic rings. The molecule has 0 bridgehead atoms. The van der Waals surface area contributed by atoms with E-state index in [4.69, 9.17) is 9.84 Å². The highest BCUT2D eigenvalue weighted by atomic mass is 16.5. The number of aryl methyl sites for hydroxylation is 1. The first-order chi connectivity index (χ1) is 13.2. The van der Waals surface area contributed by atoms with Gasteiger partial charge in [-0.25, -0.2) is 4.68 Å². The van der Waals surface area contributed by atoms with Gasteiger partial charge >= 0.3 is 0 Å². The maximum atomic E-state index is 12.6. The third-order valence-corrected chi connectivity index (χ3v) is 4.67. The summed E-state index contributed by atoms with van der Waals surface area (Å²) >= 11 is 0. The van der Waals surface area contributed by atoms with Crippen molar-refractivity contribution >= 4 is 17.8 Å². The monoisotopic (exact) mass is 359 g/mol. The predicted molar refractivity (Wildman–Crippen MR) is 106 cm³/mol. The summed E-state index contributed by atoms with van der Waals surface area (Å²) in [5, 5.41) is 7.75. The van der Waals surface area contributed by atoms with Crippen molar-refractivity contribution in [3.63, 3.8) is 0 Å². The summed E-state index contributed by atoms with van der Waals surface area (Å²) in [5.41, 5.74) is 4.07. The van der Waals surface area contributed by atoms with E-state index in [0.717, 1.165) is 53.3 Å². The van der Waals surface area contributed by atoms with Crippen LogP contribution in [0.2, 0.25) is 0 Å². The predicted octanol–water partition coefficient (Wildman–Crippen LogP) is 4.02. The Morgan fingerprint density at radius 2 is 2.00 bits per heavy atom. The van der Waals surface area contributed by atoms with Crippen LogP contribution < -0.4 is 10.1 Å². The van der Waals surface area contributed by atoms with Crippen LogP contribution in [-0.2, 0) is 17.6 Å². The first-order valence-electron chi connectivity index (χ1n) is 9.04. The Bertz CT molecular complexity index is 990. The maximum Gasteiger partial charge on any atom is 0.249 e. The van der Waals surface area contributed by atoms with E-state index in [-0.39, 0.29) is 5.91 Å². The van der Waals surface area contributed by atoms with Gasteiger partial charge in [0.05, 0.1) is 18.5 Å². The third-order valence-electron chi connectivity index (χ3n) is 4.67. The molecule has 0 unspecified atom stereocenters. The molecule has 0 atom stereocenters. The minimum absolute atomic E-state index is 0.176. The Hall–Kier alpha value is -3.34. The lowest BCUT2D eigenvalue weighted by Crippen LogP contribution is -2.13. The lowest BCUT2D eigenvalue weighted by molar-refractivity contribution is -0.111. The second kappa shape index (κ2) is 7.50. The lowest BCUT2D eigenvalue weighted by atomic mass is 10.2. The van der Waals surface area contributed by atoms with E-state index in [0.29, 0.717) is 0 Å². The Labute approximate surface area is 158 Å². The van der Waals surface area contributed by atoms with Crippen LogP contribution >= 0.6 is 0 Å². The number of benzene rings is 2. The fourth-order valence-corrected chi connectivity index (χ4v) is 3.35. The van der Waals surface area contributed by atoms with Crippen LogP contribution in [0.25, 0.3) is 11.8 Å². The summed E-state index contributed by atoms with van der Waals surface area (Å²) in [4.78, 5) is 12.6. The molecule has 0 radical (unpaired) electrons. The molecule has 1 aliphatic carbocycles. The molecule has 1 aromatic heterocycles. The zero-order valence-corrected chi connectivity index (χ0v) is 15.2. The van der Waals surface area contributed by atoms with Gasteiger partial charge in [-0.05, 0) is 55.2 Å². The van der Waals surface area contributed by atoms with Crippen molar-refractivity contribution in [3.8, 4) is 11.4 Å². The van der Waals surface area contributed by atoms with E-state index in [1.54, 1.807) is 19.3 Å². The highest BCUT2D eigenvalue weighted by Crippen LogP contribution is 2.31. The smallest absolute Gasteiger partial charge is 0.249 e. The van der Waals surface area contributed by atoms with Crippen LogP contribution in [0.3, 0.4) is 0 Å². The van der Waals surface area contributed by atoms with Gasteiger partial charge in [0.2, 0.25) is 5.91 Å². The van der Waals surface area contributed by atoms with Crippen LogP contribution in [0.1, 0.15) is 23.2 Å². The molecule has 0 saturated heterocycles. The van der Waals surface area contributed by atoms with Gasteiger partial charge in [0.1, 0.15) is 11.6 Å². The molecule has 4 rings (SSSR count). The molecule has 1 N–H and O–H groups in total. The molecular formula is C22H21N3O2. The fourth-order valence-electron chi connectivity index (χ4n) is 3.35. The van der Waals surface area contributed by atoms with E-state index < -0.39 is 0 Å². The molecule has 1 amide bonds. The van der Waals surface area contributed by atoms with Gasteiger partial charge in [0, 0.05) is 11.6 Å². The van der Waals surface area contributed by atoms with Crippen molar-refractivity contribution in [2.75, 3.05) is 12.4 Å². The summed E-state index contributed by atoms with van der Waals surface area (Å²) in [5.74, 6) is 1.36. The highest BCUT2D eigenvalue weighted by molar-refractivity contribution is 6.02. The number of nitrogens with zero attached hydrogens (tertiary/aromatic N) is 2. The van der Waals surface area contributed by atoms with E-state index >= 15 is 0 Å². The maximum absolute atomic E-state index is 12.6. The SMILES string of the molecule is COc1cccc(/C=C/C(=O)Nc2c3c(nn2-c2ccccc2)CCC3)c1. The standard InChI is InChI=1S/C22H21N3O2/c1-27-18-10-5-7-16(15-18)13-14-21(26)23-22-19-11-6-12-20(19)24-25(22)17-8-3-2-4-9-17/h2-5,7-10,13-15H,6,11-12H2,1H3,(H,23,26)/b14-13+. The Balaban J connectivity index is 1.58. The van der Waals surface area contributed by atoms with Crippen molar-refractivity contribution < 1.29 is 9.53 Å². The van der Waals surface area contributed by atoms with Gasteiger partial charge in [-0.15, -0.1) is 0 Å². The van der Waals surface area contributed by atoms with Crippen molar-refractivity contribution in [2.24, 2.45) is 0 Å². The number of ether oxygens (including phenoxy) is 1. The number of methoxy groups -OCH3 is 1. The molecule has 0 spiro atoms. The normalized spacial score (nSPS) is 12.9. The van der Waals surface area contributed by atoms with Crippen LogP contribution in [0.15, 0.2) is 60.7 Å². The van der Waals surface area contributed by atoms with Crippen molar-refractivity contribution in [3.05, 3.63) is 77.5 Å². The second-order valence-corrected chi connectivity index (χ2v) is 6.47. The average Bonchev–Trinajstić information content (AvgIpc) is 3.30. The Kier molecular flexibility index (Phi) is 4.75. The Morgan fingerprint density at radius 1 is 1.15 bits per heavy atom. The van der Waals surface area contributed by atoms with Crippen LogP contribution in [0, 0.1) is 0 Å². The molecule has 5 nitrogen and oxygen atoms in total. The average molecular weight is 359 g/mol. The number of aromatic nitrogens is 2. The fraction of sp³-hybridized carbons (Fsp3) is 0.182. The summed E-state index contributed by atoms with van der Waals surface area (Å²) < 4.78 is 7.05. The first-order valence-corrected chi connectivity index (χ1v) is 9.04. The van der Waals surface area contributed by atoms with Crippen LogP contribution in [0.5, 0.6) is 5.75 Å². The van der Waals surface area contributed by atoms with Crippen molar-refractivity contribution in [1.82, 2.24) is 9.78 Å². The molecule has 27 heavy (non-hydrogen) atoms.